The summed E-state index contributed by atoms with van der Waals surface area (Å²) in [7, 11) is 2.05. The lowest BCUT2D eigenvalue weighted by molar-refractivity contribution is -0.139. The number of carbonyl (C=O) groups is 3. The number of hydrogen-bond donors (Lipinski definition) is 1. The number of aromatic carboxylic acids is 1. The summed E-state index contributed by atoms with van der Waals surface area (Å²) in [6, 6.07) is 1.94. The van der Waals surface area contributed by atoms with Gasteiger partial charge in [-0.25, -0.2) is 14.4 Å². The largest absolute Gasteiger partial charge is 0.478 e. The molecule has 1 aromatic carbocycles. The third-order valence-electron chi connectivity index (χ3n) is 3.70. The first kappa shape index (κ1) is 20.7. The Labute approximate surface area is 156 Å². The highest BCUT2D eigenvalue weighted by Gasteiger charge is 2.34. The van der Waals surface area contributed by atoms with Crippen LogP contribution in [0, 0.1) is 0 Å². The van der Waals surface area contributed by atoms with Gasteiger partial charge < -0.3 is 19.5 Å². The van der Waals surface area contributed by atoms with Gasteiger partial charge in [0.15, 0.2) is 0 Å². The van der Waals surface area contributed by atoms with E-state index in [1.54, 1.807) is 0 Å². The predicted octanol–water partition coefficient (Wildman–Crippen LogP) is 2.89. The summed E-state index contributed by atoms with van der Waals surface area (Å²) < 4.78 is 48.7. The Kier molecular flexibility index (Phi) is 5.92. The van der Waals surface area contributed by atoms with Gasteiger partial charge in [-0.05, 0) is 30.4 Å². The van der Waals surface area contributed by atoms with Gasteiger partial charge in [-0.1, -0.05) is 6.08 Å². The van der Waals surface area contributed by atoms with Gasteiger partial charge in [-0.2, -0.15) is 13.2 Å². The minimum absolute atomic E-state index is 0.326. The summed E-state index contributed by atoms with van der Waals surface area (Å²) in [5.41, 5.74) is -2.97. The van der Waals surface area contributed by atoms with Crippen LogP contribution in [0.2, 0.25) is 0 Å². The minimum Gasteiger partial charge on any atom is -0.478 e. The van der Waals surface area contributed by atoms with E-state index >= 15 is 0 Å². The molecule has 1 aliphatic heterocycles. The summed E-state index contributed by atoms with van der Waals surface area (Å²) in [6.07, 6.45) is 0.219. The van der Waals surface area contributed by atoms with Gasteiger partial charge in [-0.15, -0.1) is 0 Å². The fourth-order valence-electron chi connectivity index (χ4n) is 2.44. The molecule has 1 heterocycles. The molecule has 0 saturated carbocycles. The molecule has 1 aromatic rings. The summed E-state index contributed by atoms with van der Waals surface area (Å²) >= 11 is 0. The van der Waals surface area contributed by atoms with Crippen molar-refractivity contribution >= 4 is 23.6 Å². The lowest BCUT2D eigenvalue weighted by Gasteiger charge is -2.25. The fourth-order valence-corrected chi connectivity index (χ4v) is 2.44. The Morgan fingerprint density at radius 2 is 1.68 bits per heavy atom. The average molecular weight is 397 g/mol. The highest BCUT2D eigenvalue weighted by Crippen LogP contribution is 2.36. The summed E-state index contributed by atoms with van der Waals surface area (Å²) in [4.78, 5) is 36.8. The first-order chi connectivity index (χ1) is 13.1. The number of esters is 2. The Morgan fingerprint density at radius 1 is 1.04 bits per heavy atom. The van der Waals surface area contributed by atoms with E-state index in [-0.39, 0.29) is 5.57 Å². The van der Waals surface area contributed by atoms with Crippen molar-refractivity contribution in [2.24, 2.45) is 0 Å². The zero-order chi connectivity index (χ0) is 21.1. The quantitative estimate of drug-likeness (QED) is 0.781. The number of rotatable bonds is 4. The van der Waals surface area contributed by atoms with E-state index in [1.807, 2.05) is 0 Å². The second-order valence-electron chi connectivity index (χ2n) is 5.35. The number of anilines is 1. The van der Waals surface area contributed by atoms with Crippen molar-refractivity contribution in [3.8, 4) is 0 Å². The molecule has 0 radical (unpaired) electrons. The van der Waals surface area contributed by atoms with E-state index < -0.39 is 46.6 Å². The number of carboxylic acids is 1. The lowest BCUT2D eigenvalue weighted by Crippen LogP contribution is -2.28. The molecule has 0 spiro atoms. The summed E-state index contributed by atoms with van der Waals surface area (Å²) in [5.74, 6) is -3.57. The molecule has 0 aromatic heterocycles. The number of alkyl halides is 3. The number of hydrogen-bond acceptors (Lipinski definition) is 6. The first-order valence-corrected chi connectivity index (χ1v) is 7.61. The second kappa shape index (κ2) is 7.99. The number of allylic oxidation sites excluding steroid dienone is 2. The maximum Gasteiger partial charge on any atom is 0.416 e. The average Bonchev–Trinajstić information content (AvgIpc) is 2.88. The third kappa shape index (κ3) is 4.05. The van der Waals surface area contributed by atoms with E-state index in [1.165, 1.54) is 18.2 Å². The number of methoxy groups -OCH3 is 2. The van der Waals surface area contributed by atoms with Crippen LogP contribution in [0.5, 0.6) is 0 Å². The van der Waals surface area contributed by atoms with E-state index in [2.05, 4.69) is 9.47 Å². The van der Waals surface area contributed by atoms with Crippen molar-refractivity contribution in [3.05, 3.63) is 65.0 Å². The van der Waals surface area contributed by atoms with Gasteiger partial charge in [0.05, 0.1) is 36.6 Å². The Bertz CT molecular complexity index is 914. The molecular weight excluding hydrogens is 383 g/mol. The second-order valence-corrected chi connectivity index (χ2v) is 5.35. The molecule has 0 fully saturated rings. The van der Waals surface area contributed by atoms with Gasteiger partial charge in [0.25, 0.3) is 0 Å². The molecule has 1 aliphatic rings. The molecule has 28 heavy (non-hydrogen) atoms. The molecule has 0 amide bonds. The number of nitrogens with zero attached hydrogens (tertiary/aromatic N) is 1. The molecule has 0 atom stereocenters. The molecule has 0 unspecified atom stereocenters. The molecule has 148 valence electrons. The van der Waals surface area contributed by atoms with Gasteiger partial charge in [0.2, 0.25) is 0 Å². The number of carbonyl (C=O) groups excluding carboxylic acids is 2. The number of benzene rings is 1. The molecule has 1 N–H and O–H groups in total. The van der Waals surface area contributed by atoms with Crippen LogP contribution in [0.25, 0.3) is 0 Å². The standard InChI is InChI=1S/C18H14F3NO6/c1-27-16(25)12-5-3-4-8-22(14(12)17(26)28-2)13-9-10(18(19,20)21)6-7-11(13)15(23)24/h3-9H,1-2H3,(H,23,24). The predicted molar refractivity (Wildman–Crippen MR) is 90.2 cm³/mol. The van der Waals surface area contributed by atoms with Crippen LogP contribution in [-0.2, 0) is 25.2 Å². The van der Waals surface area contributed by atoms with Crippen molar-refractivity contribution in [1.82, 2.24) is 0 Å². The maximum absolute atomic E-state index is 13.2. The summed E-state index contributed by atoms with van der Waals surface area (Å²) in [5, 5.41) is 9.39. The van der Waals surface area contributed by atoms with Crippen LogP contribution >= 0.6 is 0 Å². The van der Waals surface area contributed by atoms with Gasteiger partial charge in [-0.3, -0.25) is 0 Å². The molecular formula is C18H14F3NO6. The van der Waals surface area contributed by atoms with Crippen molar-refractivity contribution < 1.29 is 42.1 Å². The highest BCUT2D eigenvalue weighted by atomic mass is 19.4. The molecule has 2 rings (SSSR count). The van der Waals surface area contributed by atoms with Crippen LogP contribution in [-0.4, -0.2) is 37.2 Å². The minimum atomic E-state index is -4.76. The Morgan fingerprint density at radius 3 is 2.21 bits per heavy atom. The molecule has 0 aliphatic carbocycles. The highest BCUT2D eigenvalue weighted by molar-refractivity contribution is 6.07. The summed E-state index contributed by atoms with van der Waals surface area (Å²) in [6.45, 7) is 0. The first-order valence-electron chi connectivity index (χ1n) is 7.61. The van der Waals surface area contributed by atoms with Crippen LogP contribution in [0.3, 0.4) is 0 Å². The zero-order valence-electron chi connectivity index (χ0n) is 14.6. The molecule has 7 nitrogen and oxygen atoms in total. The number of ether oxygens (including phenoxy) is 2. The molecule has 10 heteroatoms. The zero-order valence-corrected chi connectivity index (χ0v) is 14.6. The fraction of sp³-hybridized carbons (Fsp3) is 0.167. The normalized spacial score (nSPS) is 14.0. The van der Waals surface area contributed by atoms with Crippen molar-refractivity contribution in [1.29, 1.82) is 0 Å². The van der Waals surface area contributed by atoms with Crippen molar-refractivity contribution in [3.63, 3.8) is 0 Å². The van der Waals surface area contributed by atoms with Crippen LogP contribution in [0.15, 0.2) is 53.9 Å². The van der Waals surface area contributed by atoms with Crippen molar-refractivity contribution in [2.45, 2.75) is 6.18 Å². The van der Waals surface area contributed by atoms with Gasteiger partial charge in [0.1, 0.15) is 5.70 Å². The smallest absolute Gasteiger partial charge is 0.416 e. The maximum atomic E-state index is 13.2. The topological polar surface area (TPSA) is 93.1 Å². The Hall–Kier alpha value is -3.56. The number of halogens is 3. The van der Waals surface area contributed by atoms with Crippen molar-refractivity contribution in [2.75, 3.05) is 19.1 Å². The van der Waals surface area contributed by atoms with E-state index in [0.717, 1.165) is 31.4 Å². The van der Waals surface area contributed by atoms with Crippen LogP contribution < -0.4 is 4.90 Å². The third-order valence-corrected chi connectivity index (χ3v) is 3.70. The van der Waals surface area contributed by atoms with Crippen LogP contribution in [0.4, 0.5) is 18.9 Å². The van der Waals surface area contributed by atoms with Crippen LogP contribution in [0.1, 0.15) is 15.9 Å². The van der Waals surface area contributed by atoms with E-state index in [4.69, 9.17) is 0 Å². The number of carboxylic acid groups (broad SMARTS) is 1. The monoisotopic (exact) mass is 397 g/mol. The lowest BCUT2D eigenvalue weighted by atomic mass is 10.1. The molecule has 0 bridgehead atoms. The molecule has 0 saturated heterocycles. The SMILES string of the molecule is COC(=O)C1=C(C(=O)OC)N(c2cc(C(F)(F)F)ccc2C(=O)O)C=CC=C1. The Balaban J connectivity index is 2.84. The van der Waals surface area contributed by atoms with E-state index in [0.29, 0.717) is 12.1 Å². The van der Waals surface area contributed by atoms with Gasteiger partial charge in [0, 0.05) is 6.20 Å². The van der Waals surface area contributed by atoms with Gasteiger partial charge >= 0.3 is 24.1 Å². The van der Waals surface area contributed by atoms with E-state index in [9.17, 15) is 32.7 Å².